The van der Waals surface area contributed by atoms with Crippen molar-refractivity contribution in [2.24, 2.45) is 0 Å². The third-order valence-electron chi connectivity index (χ3n) is 2.75. The maximum atomic E-state index is 10.9. The summed E-state index contributed by atoms with van der Waals surface area (Å²) in [6.07, 6.45) is 2.44. The van der Waals surface area contributed by atoms with Gasteiger partial charge >= 0.3 is 39.2 Å². The molecule has 150 valence electrons. The van der Waals surface area contributed by atoms with E-state index in [0.29, 0.717) is 13.2 Å². The van der Waals surface area contributed by atoms with E-state index in [9.17, 15) is 29.4 Å². The molecule has 0 aromatic heterocycles. The number of rotatable bonds is 12. The number of hydrogen-bond donors (Lipinski definition) is 0. The first-order valence-corrected chi connectivity index (χ1v) is 8.25. The summed E-state index contributed by atoms with van der Waals surface area (Å²) in [6, 6.07) is 0. The number of carboxylic acids is 2. The van der Waals surface area contributed by atoms with E-state index in [1.54, 1.807) is 0 Å². The number of carbonyl (C=O) groups excluding carboxylic acids is 4. The summed E-state index contributed by atoms with van der Waals surface area (Å²) >= 11 is 0. The molecule has 27 heavy (non-hydrogen) atoms. The van der Waals surface area contributed by atoms with Gasteiger partial charge in [-0.2, -0.15) is 0 Å². The minimum atomic E-state index is -1.32. The SMILES string of the molecule is C=C(CC(=O)[O-])C(=O)OCCCC.C=C(CC(=O)[O-])C(=O)OCCCC.[Pb+2]. The topological polar surface area (TPSA) is 133 Å². The monoisotopic (exact) mass is 578 g/mol. The van der Waals surface area contributed by atoms with Crippen molar-refractivity contribution >= 4 is 51.2 Å². The third-order valence-corrected chi connectivity index (χ3v) is 2.75. The van der Waals surface area contributed by atoms with Crippen LogP contribution in [0.5, 0.6) is 0 Å². The Morgan fingerprint density at radius 3 is 1.26 bits per heavy atom. The van der Waals surface area contributed by atoms with Crippen LogP contribution >= 0.6 is 0 Å². The predicted molar refractivity (Wildman–Crippen MR) is 95.0 cm³/mol. The zero-order chi connectivity index (χ0) is 20.5. The van der Waals surface area contributed by atoms with Crippen molar-refractivity contribution in [1.29, 1.82) is 0 Å². The summed E-state index contributed by atoms with van der Waals surface area (Å²) < 4.78 is 9.43. The van der Waals surface area contributed by atoms with Gasteiger partial charge in [0.1, 0.15) is 0 Å². The number of carbonyl (C=O) groups is 4. The van der Waals surface area contributed by atoms with Gasteiger partial charge in [0.15, 0.2) is 0 Å². The zero-order valence-electron chi connectivity index (χ0n) is 15.8. The number of carboxylic acid groups (broad SMARTS) is 2. The Bertz CT molecular complexity index is 467. The largest absolute Gasteiger partial charge is 2.00 e. The van der Waals surface area contributed by atoms with Crippen LogP contribution in [-0.2, 0) is 28.7 Å². The van der Waals surface area contributed by atoms with Gasteiger partial charge in [-0.05, 0) is 12.8 Å². The molecule has 0 N–H and O–H groups in total. The van der Waals surface area contributed by atoms with E-state index in [1.807, 2.05) is 13.8 Å². The molecule has 0 aliphatic rings. The fourth-order valence-electron chi connectivity index (χ4n) is 1.32. The van der Waals surface area contributed by atoms with Crippen LogP contribution in [0.25, 0.3) is 0 Å². The third kappa shape index (κ3) is 20.4. The average Bonchev–Trinajstić information content (AvgIpc) is 2.54. The van der Waals surface area contributed by atoms with E-state index in [4.69, 9.17) is 9.47 Å². The van der Waals surface area contributed by atoms with Gasteiger partial charge < -0.3 is 29.3 Å². The van der Waals surface area contributed by atoms with Gasteiger partial charge in [0.2, 0.25) is 0 Å². The van der Waals surface area contributed by atoms with Crippen LogP contribution in [0.1, 0.15) is 52.4 Å². The molecule has 0 saturated carbocycles. The van der Waals surface area contributed by atoms with Crippen LogP contribution in [0.15, 0.2) is 24.3 Å². The molecule has 0 aliphatic carbocycles. The second-order valence-electron chi connectivity index (χ2n) is 5.28. The van der Waals surface area contributed by atoms with Gasteiger partial charge in [-0.3, -0.25) is 0 Å². The second kappa shape index (κ2) is 19.1. The van der Waals surface area contributed by atoms with Crippen molar-refractivity contribution < 1.29 is 38.9 Å². The molecule has 0 aromatic carbocycles. The normalized spacial score (nSPS) is 8.96. The second-order valence-corrected chi connectivity index (χ2v) is 5.28. The molecule has 0 bridgehead atoms. The fourth-order valence-corrected chi connectivity index (χ4v) is 1.32. The average molecular weight is 578 g/mol. The molecule has 0 unspecified atom stereocenters. The molecule has 0 rings (SSSR count). The van der Waals surface area contributed by atoms with Crippen LogP contribution < -0.4 is 10.2 Å². The van der Waals surface area contributed by atoms with Crippen LogP contribution in [0.3, 0.4) is 0 Å². The van der Waals surface area contributed by atoms with Crippen molar-refractivity contribution in [3.63, 3.8) is 0 Å². The van der Waals surface area contributed by atoms with Gasteiger partial charge in [0, 0.05) is 35.9 Å². The first kappa shape index (κ1) is 30.0. The van der Waals surface area contributed by atoms with Gasteiger partial charge in [0.05, 0.1) is 13.2 Å². The molecule has 0 atom stereocenters. The first-order valence-electron chi connectivity index (χ1n) is 8.25. The van der Waals surface area contributed by atoms with Crippen LogP contribution in [0, 0.1) is 0 Å². The summed E-state index contributed by atoms with van der Waals surface area (Å²) in [5.74, 6) is -3.95. The maximum absolute atomic E-state index is 10.9. The van der Waals surface area contributed by atoms with E-state index < -0.39 is 36.7 Å². The van der Waals surface area contributed by atoms with E-state index in [-0.39, 0.29) is 38.4 Å². The van der Waals surface area contributed by atoms with Crippen LogP contribution in [-0.4, -0.2) is 64.4 Å². The van der Waals surface area contributed by atoms with Crippen molar-refractivity contribution in [2.45, 2.75) is 52.4 Å². The minimum absolute atomic E-state index is 0. The molecule has 0 aromatic rings. The van der Waals surface area contributed by atoms with E-state index in [0.717, 1.165) is 25.7 Å². The minimum Gasteiger partial charge on any atom is -0.550 e. The van der Waals surface area contributed by atoms with Crippen LogP contribution in [0.2, 0.25) is 0 Å². The van der Waals surface area contributed by atoms with Gasteiger partial charge in [-0.15, -0.1) is 0 Å². The summed E-state index contributed by atoms with van der Waals surface area (Å²) in [6.45, 7) is 11.1. The van der Waals surface area contributed by atoms with Gasteiger partial charge in [0.25, 0.3) is 0 Å². The summed E-state index contributed by atoms with van der Waals surface area (Å²) in [7, 11) is 0. The Kier molecular flexibility index (Phi) is 21.2. The molecule has 0 spiro atoms. The maximum Gasteiger partial charge on any atom is 2.00 e. The van der Waals surface area contributed by atoms with Gasteiger partial charge in [-0.1, -0.05) is 39.8 Å². The predicted octanol–water partition coefficient (Wildman–Crippen LogP) is -0.329. The Hall–Kier alpha value is -1.72. The summed E-state index contributed by atoms with van der Waals surface area (Å²) in [5, 5.41) is 20.1. The van der Waals surface area contributed by atoms with Crippen molar-refractivity contribution in [3.8, 4) is 0 Å². The Morgan fingerprint density at radius 2 is 1.04 bits per heavy atom. The summed E-state index contributed by atoms with van der Waals surface area (Å²) in [4.78, 5) is 42.0. The van der Waals surface area contributed by atoms with E-state index in [1.165, 1.54) is 0 Å². The molecule has 9 heteroatoms. The number of ether oxygens (including phenoxy) is 2. The summed E-state index contributed by atoms with van der Waals surface area (Å²) in [5.41, 5.74) is -0.146. The standard InChI is InChI=1S/2C9H14O4.Pb/c2*1-3-4-5-13-9(12)7(2)6-8(10)11;/h2*2-6H2,1H3,(H,10,11);/q;;+2/p-2. The van der Waals surface area contributed by atoms with E-state index in [2.05, 4.69) is 13.2 Å². The Labute approximate surface area is 179 Å². The van der Waals surface area contributed by atoms with Crippen LogP contribution in [0.4, 0.5) is 0 Å². The quantitative estimate of drug-likeness (QED) is 0.133. The molecule has 0 saturated heterocycles. The van der Waals surface area contributed by atoms with Gasteiger partial charge in [-0.25, -0.2) is 9.59 Å². The molecular weight excluding hydrogens is 551 g/mol. The molecule has 0 fully saturated rings. The van der Waals surface area contributed by atoms with Crippen molar-refractivity contribution in [2.75, 3.05) is 13.2 Å². The van der Waals surface area contributed by atoms with Crippen molar-refractivity contribution in [1.82, 2.24) is 0 Å². The molecule has 0 amide bonds. The number of hydrogen-bond acceptors (Lipinski definition) is 8. The van der Waals surface area contributed by atoms with E-state index >= 15 is 0 Å². The Morgan fingerprint density at radius 1 is 0.741 bits per heavy atom. The zero-order valence-corrected chi connectivity index (χ0v) is 19.7. The molecule has 0 aliphatic heterocycles. The Balaban J connectivity index is -0.000000411. The molecular formula is C18H26O8Pb. The first-order chi connectivity index (χ1) is 12.1. The number of esters is 2. The molecule has 2 radical (unpaired) electrons. The molecule has 8 nitrogen and oxygen atoms in total. The molecule has 0 heterocycles. The number of unbranched alkanes of at least 4 members (excludes halogenated alkanes) is 2. The smallest absolute Gasteiger partial charge is 0.550 e. The fraction of sp³-hybridized carbons (Fsp3) is 0.556. The van der Waals surface area contributed by atoms with Crippen molar-refractivity contribution in [3.05, 3.63) is 24.3 Å². The number of aliphatic carboxylic acids is 2.